The summed E-state index contributed by atoms with van der Waals surface area (Å²) in [5.41, 5.74) is 0.978. The van der Waals surface area contributed by atoms with Crippen molar-refractivity contribution in [2.24, 2.45) is 10.2 Å². The number of carbonyl (C=O) groups is 2. The number of aromatic carboxylic acids is 1. The van der Waals surface area contributed by atoms with E-state index in [9.17, 15) is 14.0 Å². The summed E-state index contributed by atoms with van der Waals surface area (Å²) in [6.07, 6.45) is 10.8. The second-order valence-corrected chi connectivity index (χ2v) is 8.07. The molecule has 7 nitrogen and oxygen atoms in total. The van der Waals surface area contributed by atoms with Gasteiger partial charge in [-0.1, -0.05) is 51.5 Å². The number of carboxylic acid groups (broad SMARTS) is 1. The Morgan fingerprint density at radius 2 is 1.37 bits per heavy atom. The zero-order chi connectivity index (χ0) is 25.3. The number of carbonyl (C=O) groups excluding carboxylic acids is 1. The average molecular weight is 485 g/mol. The number of hydrogen-bond acceptors (Lipinski definition) is 6. The number of carboxylic acids is 1. The third-order valence-corrected chi connectivity index (χ3v) is 5.27. The normalized spacial score (nSPS) is 10.9. The van der Waals surface area contributed by atoms with E-state index in [0.29, 0.717) is 24.6 Å². The topological polar surface area (TPSA) is 97.5 Å². The maximum Gasteiger partial charge on any atom is 0.335 e. The van der Waals surface area contributed by atoms with Crippen molar-refractivity contribution in [3.05, 3.63) is 66.5 Å². The molecule has 0 radical (unpaired) electrons. The molecule has 0 saturated carbocycles. The molecule has 0 aliphatic heterocycles. The summed E-state index contributed by atoms with van der Waals surface area (Å²) in [7, 11) is 0. The van der Waals surface area contributed by atoms with Crippen molar-refractivity contribution < 1.29 is 28.6 Å². The predicted molar refractivity (Wildman–Crippen MR) is 132 cm³/mol. The molecule has 0 bridgehead atoms. The fourth-order valence-corrected chi connectivity index (χ4v) is 3.31. The summed E-state index contributed by atoms with van der Waals surface area (Å²) in [6.45, 7) is 4.28. The Hall–Kier alpha value is -3.55. The molecular weight excluding hydrogens is 451 g/mol. The molecule has 35 heavy (non-hydrogen) atoms. The van der Waals surface area contributed by atoms with Gasteiger partial charge in [0.2, 0.25) is 0 Å². The number of ether oxygens (including phenoxy) is 2. The van der Waals surface area contributed by atoms with Crippen LogP contribution in [0.1, 0.15) is 68.1 Å². The summed E-state index contributed by atoms with van der Waals surface area (Å²) >= 11 is 0. The van der Waals surface area contributed by atoms with Gasteiger partial charge in [0, 0.05) is 12.1 Å². The summed E-state index contributed by atoms with van der Waals surface area (Å²) in [4.78, 5) is 21.8. The van der Waals surface area contributed by atoms with E-state index in [1.54, 1.807) is 6.07 Å². The van der Waals surface area contributed by atoms with Gasteiger partial charge in [-0.05, 0) is 49.2 Å². The number of unbranched alkanes of at least 4 members (excludes halogenated alkanes) is 8. The van der Waals surface area contributed by atoms with Gasteiger partial charge in [-0.2, -0.15) is 10.2 Å². The van der Waals surface area contributed by atoms with Gasteiger partial charge >= 0.3 is 11.9 Å². The van der Waals surface area contributed by atoms with E-state index >= 15 is 0 Å². The number of hydrogen-bond donors (Lipinski definition) is 1. The van der Waals surface area contributed by atoms with Crippen molar-refractivity contribution >= 4 is 23.3 Å². The molecule has 0 aliphatic rings. The SMILES string of the molecule is C=CC(=O)OCCCCCCCCCCCOc1ccc(N=Nc2ccc(C(=O)O)cc2)cc1F. The second kappa shape index (κ2) is 16.1. The van der Waals surface area contributed by atoms with Crippen molar-refractivity contribution in [3.63, 3.8) is 0 Å². The van der Waals surface area contributed by atoms with Gasteiger partial charge in [0.05, 0.1) is 30.2 Å². The standard InChI is InChI=1S/C27H33FN2O5/c1-2-26(31)35-19-11-9-7-5-3-4-6-8-10-18-34-25-17-16-23(20-24(25)28)30-29-22-14-12-21(13-15-22)27(32)33/h2,12-17,20H,1,3-11,18-19H2,(H,32,33). The molecule has 188 valence electrons. The molecule has 0 atom stereocenters. The fraction of sp³-hybridized carbons (Fsp3) is 0.407. The fourth-order valence-electron chi connectivity index (χ4n) is 3.31. The number of rotatable bonds is 17. The number of nitrogens with zero attached hydrogens (tertiary/aromatic N) is 2. The van der Waals surface area contributed by atoms with Gasteiger partial charge in [-0.25, -0.2) is 14.0 Å². The van der Waals surface area contributed by atoms with Crippen molar-refractivity contribution in [1.82, 2.24) is 0 Å². The Kier molecular flexibility index (Phi) is 12.8. The van der Waals surface area contributed by atoms with E-state index in [-0.39, 0.29) is 17.3 Å². The van der Waals surface area contributed by atoms with Crippen LogP contribution >= 0.6 is 0 Å². The third-order valence-electron chi connectivity index (χ3n) is 5.27. The van der Waals surface area contributed by atoms with Gasteiger partial charge in [-0.15, -0.1) is 0 Å². The Labute approximate surface area is 205 Å². The Morgan fingerprint density at radius 3 is 1.94 bits per heavy atom. The Balaban J connectivity index is 1.55. The predicted octanol–water partition coefficient (Wildman–Crippen LogP) is 7.56. The lowest BCUT2D eigenvalue weighted by atomic mass is 10.1. The lowest BCUT2D eigenvalue weighted by Gasteiger charge is -2.07. The van der Waals surface area contributed by atoms with E-state index in [1.165, 1.54) is 61.7 Å². The third kappa shape index (κ3) is 11.4. The minimum absolute atomic E-state index is 0.161. The minimum Gasteiger partial charge on any atom is -0.491 e. The van der Waals surface area contributed by atoms with Crippen molar-refractivity contribution in [1.29, 1.82) is 0 Å². The summed E-state index contributed by atoms with van der Waals surface area (Å²) in [5.74, 6) is -1.69. The zero-order valence-corrected chi connectivity index (χ0v) is 20.0. The van der Waals surface area contributed by atoms with Crippen molar-refractivity contribution in [2.75, 3.05) is 13.2 Å². The first-order valence-electron chi connectivity index (χ1n) is 12.0. The maximum atomic E-state index is 14.3. The highest BCUT2D eigenvalue weighted by Gasteiger charge is 2.05. The van der Waals surface area contributed by atoms with E-state index in [1.807, 2.05) is 0 Å². The van der Waals surface area contributed by atoms with Crippen LogP contribution in [0.5, 0.6) is 5.75 Å². The van der Waals surface area contributed by atoms with Gasteiger partial charge in [-0.3, -0.25) is 0 Å². The lowest BCUT2D eigenvalue weighted by molar-refractivity contribution is -0.137. The molecule has 0 aromatic heterocycles. The largest absolute Gasteiger partial charge is 0.491 e. The monoisotopic (exact) mass is 484 g/mol. The molecule has 0 amide bonds. The van der Waals surface area contributed by atoms with E-state index in [4.69, 9.17) is 14.6 Å². The lowest BCUT2D eigenvalue weighted by Crippen LogP contribution is -2.01. The van der Waals surface area contributed by atoms with Crippen LogP contribution in [0, 0.1) is 5.82 Å². The number of azo groups is 1. The molecule has 0 saturated heterocycles. The molecule has 2 aromatic carbocycles. The molecule has 0 spiro atoms. The number of esters is 1. The zero-order valence-electron chi connectivity index (χ0n) is 20.0. The summed E-state index contributed by atoms with van der Waals surface area (Å²) in [5, 5.41) is 16.9. The Bertz CT molecular complexity index is 976. The average Bonchev–Trinajstić information content (AvgIpc) is 2.86. The summed E-state index contributed by atoms with van der Waals surface area (Å²) < 4.78 is 24.8. The maximum absolute atomic E-state index is 14.3. The van der Waals surface area contributed by atoms with Crippen molar-refractivity contribution in [2.45, 2.75) is 57.8 Å². The molecule has 2 aromatic rings. The highest BCUT2D eigenvalue weighted by Crippen LogP contribution is 2.25. The summed E-state index contributed by atoms with van der Waals surface area (Å²) in [6, 6.07) is 10.4. The van der Waals surface area contributed by atoms with Crippen LogP contribution < -0.4 is 4.74 Å². The van der Waals surface area contributed by atoms with E-state index in [2.05, 4.69) is 16.8 Å². The number of benzene rings is 2. The van der Waals surface area contributed by atoms with E-state index < -0.39 is 11.8 Å². The molecule has 0 fully saturated rings. The first kappa shape index (κ1) is 27.7. The van der Waals surface area contributed by atoms with Gasteiger partial charge < -0.3 is 14.6 Å². The highest BCUT2D eigenvalue weighted by molar-refractivity contribution is 5.87. The Morgan fingerprint density at radius 1 is 0.829 bits per heavy atom. The molecule has 0 heterocycles. The molecule has 8 heteroatoms. The van der Waals surface area contributed by atoms with Gasteiger partial charge in [0.25, 0.3) is 0 Å². The molecule has 0 unspecified atom stereocenters. The van der Waals surface area contributed by atoms with Crippen LogP contribution in [0.3, 0.4) is 0 Å². The smallest absolute Gasteiger partial charge is 0.335 e. The van der Waals surface area contributed by atoms with Gasteiger partial charge in [0.15, 0.2) is 11.6 Å². The van der Waals surface area contributed by atoms with Gasteiger partial charge in [0.1, 0.15) is 0 Å². The van der Waals surface area contributed by atoms with Crippen molar-refractivity contribution in [3.8, 4) is 5.75 Å². The van der Waals surface area contributed by atoms with Crippen LogP contribution in [-0.2, 0) is 9.53 Å². The minimum atomic E-state index is -1.01. The quantitative estimate of drug-likeness (QED) is 0.108. The van der Waals surface area contributed by atoms with E-state index in [0.717, 1.165) is 38.5 Å². The molecule has 0 aliphatic carbocycles. The van der Waals surface area contributed by atoms with Crippen LogP contribution in [0.4, 0.5) is 15.8 Å². The second-order valence-electron chi connectivity index (χ2n) is 8.07. The highest BCUT2D eigenvalue weighted by atomic mass is 19.1. The van der Waals surface area contributed by atoms with Crippen LogP contribution in [0.15, 0.2) is 65.3 Å². The number of halogens is 1. The first-order valence-corrected chi connectivity index (χ1v) is 12.0. The van der Waals surface area contributed by atoms with Crippen LogP contribution in [0.25, 0.3) is 0 Å². The first-order chi connectivity index (χ1) is 17.0. The molecule has 1 N–H and O–H groups in total. The molecular formula is C27H33FN2O5. The molecule has 2 rings (SSSR count). The van der Waals surface area contributed by atoms with Crippen LogP contribution in [0.2, 0.25) is 0 Å². The van der Waals surface area contributed by atoms with Crippen LogP contribution in [-0.4, -0.2) is 30.3 Å².